The second-order valence-electron chi connectivity index (χ2n) is 4.79. The van der Waals surface area contributed by atoms with Crippen molar-refractivity contribution in [1.82, 2.24) is 5.32 Å². The van der Waals surface area contributed by atoms with E-state index in [-0.39, 0.29) is 5.24 Å². The van der Waals surface area contributed by atoms with Crippen molar-refractivity contribution in [2.75, 3.05) is 0 Å². The summed E-state index contributed by atoms with van der Waals surface area (Å²) in [5.74, 6) is 0.117. The molecule has 1 aliphatic rings. The molecule has 23 heavy (non-hydrogen) atoms. The van der Waals surface area contributed by atoms with Gasteiger partial charge in [0.15, 0.2) is 0 Å². The van der Waals surface area contributed by atoms with Crippen LogP contribution >= 0.6 is 23.4 Å². The maximum Gasteiger partial charge on any atom is 0.290 e. The molecule has 116 valence electrons. The van der Waals surface area contributed by atoms with Gasteiger partial charge in [0.2, 0.25) is 0 Å². The van der Waals surface area contributed by atoms with E-state index in [1.807, 2.05) is 30.3 Å². The number of carbonyl (C=O) groups is 2. The van der Waals surface area contributed by atoms with Gasteiger partial charge in [-0.2, -0.15) is 0 Å². The zero-order valence-electron chi connectivity index (χ0n) is 11.9. The largest absolute Gasteiger partial charge is 0.487 e. The van der Waals surface area contributed by atoms with Crippen LogP contribution in [-0.4, -0.2) is 11.1 Å². The first-order chi connectivity index (χ1) is 11.1. The summed E-state index contributed by atoms with van der Waals surface area (Å²) in [6, 6.07) is 15.1. The quantitative estimate of drug-likeness (QED) is 0.842. The monoisotopic (exact) mass is 345 g/mol. The van der Waals surface area contributed by atoms with Gasteiger partial charge >= 0.3 is 0 Å². The van der Waals surface area contributed by atoms with Gasteiger partial charge in [-0.3, -0.25) is 14.9 Å². The number of imide groups is 1. The highest BCUT2D eigenvalue weighted by Gasteiger charge is 2.25. The molecule has 6 heteroatoms. The molecule has 2 amide bonds. The molecule has 2 aromatic carbocycles. The molecule has 0 spiro atoms. The Balaban J connectivity index is 1.80. The molecule has 1 heterocycles. The summed E-state index contributed by atoms with van der Waals surface area (Å²) in [4.78, 5) is 23.1. The molecular weight excluding hydrogens is 334 g/mol. The zero-order chi connectivity index (χ0) is 16.2. The number of amides is 2. The van der Waals surface area contributed by atoms with Gasteiger partial charge in [0.05, 0.1) is 9.93 Å². The van der Waals surface area contributed by atoms with Gasteiger partial charge in [0.25, 0.3) is 11.1 Å². The molecule has 0 aliphatic carbocycles. The van der Waals surface area contributed by atoms with Crippen molar-refractivity contribution < 1.29 is 14.3 Å². The van der Waals surface area contributed by atoms with E-state index in [9.17, 15) is 9.59 Å². The maximum atomic E-state index is 11.6. The number of halogens is 1. The van der Waals surface area contributed by atoms with Gasteiger partial charge in [-0.25, -0.2) is 0 Å². The lowest BCUT2D eigenvalue weighted by Gasteiger charge is -2.10. The highest BCUT2D eigenvalue weighted by Crippen LogP contribution is 2.33. The molecule has 3 rings (SSSR count). The van der Waals surface area contributed by atoms with Gasteiger partial charge < -0.3 is 4.74 Å². The molecular formula is C17H12ClNO3S. The predicted molar refractivity (Wildman–Crippen MR) is 91.3 cm³/mol. The summed E-state index contributed by atoms with van der Waals surface area (Å²) in [5, 5.41) is 2.24. The fourth-order valence-electron chi connectivity index (χ4n) is 2.05. The topological polar surface area (TPSA) is 55.4 Å². The smallest absolute Gasteiger partial charge is 0.290 e. The van der Waals surface area contributed by atoms with Crippen molar-refractivity contribution in [2.24, 2.45) is 0 Å². The summed E-state index contributed by atoms with van der Waals surface area (Å²) < 4.78 is 5.74. The average molecular weight is 346 g/mol. The number of carbonyl (C=O) groups excluding carboxylic acids is 2. The van der Waals surface area contributed by atoms with Gasteiger partial charge in [0, 0.05) is 0 Å². The van der Waals surface area contributed by atoms with Crippen LogP contribution in [0.5, 0.6) is 5.75 Å². The third-order valence-corrected chi connectivity index (χ3v) is 4.37. The van der Waals surface area contributed by atoms with E-state index in [1.165, 1.54) is 0 Å². The third-order valence-electron chi connectivity index (χ3n) is 3.16. The molecule has 0 bridgehead atoms. The van der Waals surface area contributed by atoms with Crippen LogP contribution in [0.25, 0.3) is 6.08 Å². The Morgan fingerprint density at radius 2 is 1.87 bits per heavy atom. The summed E-state index contributed by atoms with van der Waals surface area (Å²) in [6.07, 6.45) is 1.59. The van der Waals surface area contributed by atoms with Crippen molar-refractivity contribution in [2.45, 2.75) is 6.61 Å². The van der Waals surface area contributed by atoms with E-state index in [0.717, 1.165) is 17.3 Å². The fraction of sp³-hybridized carbons (Fsp3) is 0.0588. The highest BCUT2D eigenvalue weighted by molar-refractivity contribution is 8.18. The van der Waals surface area contributed by atoms with Gasteiger partial charge in [0.1, 0.15) is 12.4 Å². The van der Waals surface area contributed by atoms with Crippen molar-refractivity contribution in [1.29, 1.82) is 0 Å². The minimum absolute atomic E-state index is 0.317. The van der Waals surface area contributed by atoms with Crippen molar-refractivity contribution in [3.05, 3.63) is 69.6 Å². The molecule has 2 aromatic rings. The fourth-order valence-corrected chi connectivity index (χ4v) is 2.96. The van der Waals surface area contributed by atoms with Crippen LogP contribution in [0.3, 0.4) is 0 Å². The van der Waals surface area contributed by atoms with Gasteiger partial charge in [-0.1, -0.05) is 54.1 Å². The number of rotatable bonds is 4. The first kappa shape index (κ1) is 15.6. The van der Waals surface area contributed by atoms with Crippen LogP contribution in [0.4, 0.5) is 4.79 Å². The maximum absolute atomic E-state index is 11.6. The van der Waals surface area contributed by atoms with Crippen LogP contribution < -0.4 is 10.1 Å². The van der Waals surface area contributed by atoms with Crippen molar-refractivity contribution in [3.8, 4) is 5.75 Å². The van der Waals surface area contributed by atoms with Crippen LogP contribution in [0, 0.1) is 0 Å². The molecule has 0 saturated carbocycles. The van der Waals surface area contributed by atoms with Crippen LogP contribution in [-0.2, 0) is 11.4 Å². The Hall–Kier alpha value is -2.24. The average Bonchev–Trinajstić information content (AvgIpc) is 2.87. The van der Waals surface area contributed by atoms with E-state index in [2.05, 4.69) is 5.32 Å². The molecule has 0 radical (unpaired) electrons. The molecule has 4 nitrogen and oxygen atoms in total. The molecule has 0 aromatic heterocycles. The van der Waals surface area contributed by atoms with Crippen LogP contribution in [0.15, 0.2) is 53.4 Å². The Bertz CT molecular complexity index is 790. The van der Waals surface area contributed by atoms with Crippen LogP contribution in [0.1, 0.15) is 11.1 Å². The highest BCUT2D eigenvalue weighted by atomic mass is 35.5. The van der Waals surface area contributed by atoms with Crippen molar-refractivity contribution in [3.63, 3.8) is 0 Å². The van der Waals surface area contributed by atoms with Gasteiger partial charge in [-0.05, 0) is 35.0 Å². The van der Waals surface area contributed by atoms with Gasteiger partial charge in [-0.15, -0.1) is 0 Å². The molecule has 0 atom stereocenters. The Morgan fingerprint density at radius 3 is 2.57 bits per heavy atom. The van der Waals surface area contributed by atoms with Crippen molar-refractivity contribution >= 4 is 40.6 Å². The number of hydrogen-bond donors (Lipinski definition) is 1. The normalized spacial score (nSPS) is 15.8. The number of nitrogens with one attached hydrogen (secondary N) is 1. The minimum atomic E-state index is -0.410. The van der Waals surface area contributed by atoms with E-state index >= 15 is 0 Å². The minimum Gasteiger partial charge on any atom is -0.487 e. The first-order valence-electron chi connectivity index (χ1n) is 6.83. The number of ether oxygens (including phenoxy) is 1. The third kappa shape index (κ3) is 3.75. The molecule has 1 fully saturated rings. The lowest BCUT2D eigenvalue weighted by Crippen LogP contribution is -2.17. The van der Waals surface area contributed by atoms with E-state index in [4.69, 9.17) is 16.3 Å². The number of benzene rings is 2. The summed E-state index contributed by atoms with van der Waals surface area (Å²) in [6.45, 7) is 0.397. The second-order valence-corrected chi connectivity index (χ2v) is 6.18. The van der Waals surface area contributed by atoms with E-state index < -0.39 is 5.91 Å². The summed E-state index contributed by atoms with van der Waals surface area (Å²) in [5.41, 5.74) is 1.66. The summed E-state index contributed by atoms with van der Waals surface area (Å²) in [7, 11) is 0. The number of thioether (sulfide) groups is 1. The Labute approximate surface area is 142 Å². The van der Waals surface area contributed by atoms with E-state index in [0.29, 0.717) is 27.8 Å². The van der Waals surface area contributed by atoms with E-state index in [1.54, 1.807) is 24.3 Å². The summed E-state index contributed by atoms with van der Waals surface area (Å²) >= 11 is 7.20. The zero-order valence-corrected chi connectivity index (χ0v) is 13.5. The van der Waals surface area contributed by atoms with Crippen LogP contribution in [0.2, 0.25) is 5.02 Å². The number of hydrogen-bond acceptors (Lipinski definition) is 4. The predicted octanol–water partition coefficient (Wildman–Crippen LogP) is 4.24. The molecule has 1 N–H and O–H groups in total. The molecule has 1 aliphatic heterocycles. The SMILES string of the molecule is O=C1NC(=O)C(=Cc2cccc(OCc3ccccc3)c2Cl)S1. The standard InChI is InChI=1S/C17H12ClNO3S/c18-15-12(9-14-16(20)19-17(21)23-14)7-4-8-13(15)22-10-11-5-2-1-3-6-11/h1-9H,10H2,(H,19,20,21). The molecule has 1 saturated heterocycles. The second kappa shape index (κ2) is 6.89. The lowest BCUT2D eigenvalue weighted by molar-refractivity contribution is -0.115. The molecule has 0 unspecified atom stereocenters. The first-order valence-corrected chi connectivity index (χ1v) is 8.03. The Kier molecular flexibility index (Phi) is 4.69. The Morgan fingerprint density at radius 1 is 1.09 bits per heavy atom. The lowest BCUT2D eigenvalue weighted by atomic mass is 10.2.